The van der Waals surface area contributed by atoms with Crippen LogP contribution in [0.1, 0.15) is 5.56 Å². The quantitative estimate of drug-likeness (QED) is 0.188. The average molecular weight is 806 g/mol. The number of rotatable bonds is 5. The number of anilines is 2. The van der Waals surface area contributed by atoms with Gasteiger partial charge in [0.05, 0.1) is 44.4 Å². The lowest BCUT2D eigenvalue weighted by molar-refractivity contribution is 0.654. The molecule has 0 fully saturated rings. The second-order valence-corrected chi connectivity index (χ2v) is 16.6. The number of hydrogen-bond acceptors (Lipinski definition) is 4. The molecule has 0 aliphatic carbocycles. The number of benzene rings is 9. The van der Waals surface area contributed by atoms with E-state index >= 15 is 0 Å². The molecule has 294 valence electrons. The third-order valence-corrected chi connectivity index (χ3v) is 13.2. The zero-order valence-electron chi connectivity index (χ0n) is 34.1. The first-order valence-electron chi connectivity index (χ1n) is 21.4. The summed E-state index contributed by atoms with van der Waals surface area (Å²) in [4.78, 5) is 10.7. The molecule has 63 heavy (non-hydrogen) atoms. The summed E-state index contributed by atoms with van der Waals surface area (Å²) in [6.07, 6.45) is 0. The van der Waals surface area contributed by atoms with Gasteiger partial charge in [-0.25, -0.2) is 4.98 Å². The fraction of sp³-hybridized carbons (Fsp3) is 0.0175. The van der Waals surface area contributed by atoms with Crippen LogP contribution in [0.25, 0.3) is 121 Å². The summed E-state index contributed by atoms with van der Waals surface area (Å²) < 4.78 is 11.4. The first kappa shape index (κ1) is 34.3. The molecule has 0 bridgehead atoms. The van der Waals surface area contributed by atoms with E-state index in [0.29, 0.717) is 11.7 Å². The average Bonchev–Trinajstić information content (AvgIpc) is 4.07. The number of aryl methyl sites for hydroxylation is 1. The van der Waals surface area contributed by atoms with Crippen LogP contribution in [-0.2, 0) is 0 Å². The highest BCUT2D eigenvalue weighted by Crippen LogP contribution is 2.50. The Morgan fingerprint density at radius 3 is 2.05 bits per heavy atom. The van der Waals surface area contributed by atoms with E-state index in [1.165, 1.54) is 43.5 Å². The summed E-state index contributed by atoms with van der Waals surface area (Å²) in [6.45, 7) is 2.19. The summed E-state index contributed by atoms with van der Waals surface area (Å²) in [7, 11) is 0. The smallest absolute Gasteiger partial charge is 0.232 e. The molecule has 0 aliphatic rings. The van der Waals surface area contributed by atoms with Crippen molar-refractivity contribution in [3.63, 3.8) is 0 Å². The van der Waals surface area contributed by atoms with E-state index < -0.39 is 0 Å². The minimum atomic E-state index is 0.464. The molecule has 0 atom stereocenters. The van der Waals surface area contributed by atoms with Gasteiger partial charge >= 0.3 is 0 Å². The lowest BCUT2D eigenvalue weighted by atomic mass is 9.93. The number of aromatic nitrogens is 4. The maximum Gasteiger partial charge on any atom is 0.232 e. The van der Waals surface area contributed by atoms with Crippen LogP contribution < -0.4 is 5.32 Å². The first-order chi connectivity index (χ1) is 31.2. The van der Waals surface area contributed by atoms with Gasteiger partial charge in [-0.3, -0.25) is 0 Å². The van der Waals surface area contributed by atoms with Crippen LogP contribution >= 0.6 is 0 Å². The van der Waals surface area contributed by atoms with Crippen molar-refractivity contribution in [3.05, 3.63) is 194 Å². The van der Waals surface area contributed by atoms with Crippen molar-refractivity contribution < 1.29 is 4.42 Å². The SMILES string of the molecule is Cc1ccccc1-c1cc2c3c4ccccc4ccc3n3c4ccccc4c(c1Nc1nc(-c4ccc5c(c4)c4ccccc4n5-c4ccccc4)c4c(n1)oc1ccccc14)c23. The highest BCUT2D eigenvalue weighted by atomic mass is 16.3. The molecule has 14 rings (SSSR count). The van der Waals surface area contributed by atoms with Gasteiger partial charge in [-0.05, 0) is 83.4 Å². The molecule has 6 heteroatoms. The van der Waals surface area contributed by atoms with Crippen LogP contribution in [0.5, 0.6) is 0 Å². The zero-order valence-corrected chi connectivity index (χ0v) is 34.1. The van der Waals surface area contributed by atoms with Crippen LogP contribution in [0.15, 0.2) is 192 Å². The van der Waals surface area contributed by atoms with Gasteiger partial charge < -0.3 is 18.7 Å². The van der Waals surface area contributed by atoms with Crippen LogP contribution in [0.3, 0.4) is 0 Å². The molecule has 0 aliphatic heterocycles. The highest BCUT2D eigenvalue weighted by molar-refractivity contribution is 6.33. The molecule has 5 aromatic heterocycles. The van der Waals surface area contributed by atoms with Gasteiger partial charge in [0.2, 0.25) is 11.7 Å². The molecule has 1 N–H and O–H groups in total. The Kier molecular flexibility index (Phi) is 6.94. The minimum absolute atomic E-state index is 0.464. The Morgan fingerprint density at radius 1 is 0.476 bits per heavy atom. The Bertz CT molecular complexity index is 4190. The van der Waals surface area contributed by atoms with Gasteiger partial charge in [0.1, 0.15) is 5.58 Å². The molecule has 0 saturated carbocycles. The summed E-state index contributed by atoms with van der Waals surface area (Å²) in [5.74, 6) is 0.464. The Labute approximate surface area is 360 Å². The molecule has 0 amide bonds. The normalized spacial score (nSPS) is 12.2. The molecule has 0 unspecified atom stereocenters. The molecule has 0 saturated heterocycles. The van der Waals surface area contributed by atoms with E-state index in [9.17, 15) is 0 Å². The summed E-state index contributed by atoms with van der Waals surface area (Å²) >= 11 is 0. The topological polar surface area (TPSA) is 60.3 Å². The van der Waals surface area contributed by atoms with Gasteiger partial charge in [0.15, 0.2) is 0 Å². The number of nitrogens with one attached hydrogen (secondary N) is 1. The van der Waals surface area contributed by atoms with Crippen molar-refractivity contribution in [2.24, 2.45) is 0 Å². The first-order valence-corrected chi connectivity index (χ1v) is 21.4. The Balaban J connectivity index is 1.07. The zero-order chi connectivity index (χ0) is 41.3. The van der Waals surface area contributed by atoms with Crippen molar-refractivity contribution in [3.8, 4) is 28.1 Å². The Morgan fingerprint density at radius 2 is 1.17 bits per heavy atom. The third-order valence-electron chi connectivity index (χ3n) is 13.2. The van der Waals surface area contributed by atoms with Gasteiger partial charge in [-0.15, -0.1) is 0 Å². The number of hydrogen-bond donors (Lipinski definition) is 1. The molecular weight excluding hydrogens is 771 g/mol. The molecule has 14 aromatic rings. The van der Waals surface area contributed by atoms with Crippen molar-refractivity contribution >= 4 is 104 Å². The van der Waals surface area contributed by atoms with E-state index in [4.69, 9.17) is 14.4 Å². The van der Waals surface area contributed by atoms with E-state index in [-0.39, 0.29) is 0 Å². The Hall–Kier alpha value is -8.48. The molecule has 0 spiro atoms. The van der Waals surface area contributed by atoms with E-state index in [1.807, 2.05) is 12.1 Å². The van der Waals surface area contributed by atoms with Crippen LogP contribution in [0.4, 0.5) is 11.6 Å². The second-order valence-electron chi connectivity index (χ2n) is 16.6. The summed E-state index contributed by atoms with van der Waals surface area (Å²) in [5.41, 5.74) is 14.4. The van der Waals surface area contributed by atoms with Crippen molar-refractivity contribution in [1.82, 2.24) is 18.9 Å². The van der Waals surface area contributed by atoms with Crippen molar-refractivity contribution in [2.75, 3.05) is 5.32 Å². The lowest BCUT2D eigenvalue weighted by Crippen LogP contribution is -2.02. The van der Waals surface area contributed by atoms with Crippen LogP contribution in [0, 0.1) is 6.92 Å². The van der Waals surface area contributed by atoms with Gasteiger partial charge in [0, 0.05) is 54.5 Å². The van der Waals surface area contributed by atoms with Gasteiger partial charge in [-0.1, -0.05) is 133 Å². The maximum absolute atomic E-state index is 6.62. The van der Waals surface area contributed by atoms with E-state index in [0.717, 1.165) is 82.8 Å². The molecule has 5 heterocycles. The lowest BCUT2D eigenvalue weighted by Gasteiger charge is -2.17. The second kappa shape index (κ2) is 12.8. The fourth-order valence-electron chi connectivity index (χ4n) is 10.5. The molecule has 9 aromatic carbocycles. The standard InChI is InChI=1S/C57H35N5O/c1-33-15-5-7-19-37(33)43-32-44-50-38-20-8-6-16-34(38)27-30-48(50)62-46-25-13-10-22-40(46)51(55(44)62)54(43)59-57-58-53(52-41-23-11-14-26-49(41)63-56(52)60-57)35-28-29-47-42(31-35)39-21-9-12-24-45(39)61(47)36-17-3-2-4-18-36/h2-32H,1H3,(H,58,59,60). The summed E-state index contributed by atoms with van der Waals surface area (Å²) in [5, 5.41) is 15.3. The monoisotopic (exact) mass is 805 g/mol. The van der Waals surface area contributed by atoms with Crippen molar-refractivity contribution in [1.29, 1.82) is 0 Å². The van der Waals surface area contributed by atoms with Gasteiger partial charge in [-0.2, -0.15) is 4.98 Å². The van der Waals surface area contributed by atoms with E-state index in [1.54, 1.807) is 0 Å². The highest BCUT2D eigenvalue weighted by Gasteiger charge is 2.26. The number of furan rings is 1. The fourth-order valence-corrected chi connectivity index (χ4v) is 10.5. The third kappa shape index (κ3) is 4.77. The molecular formula is C57H35N5O. The number of nitrogens with zero attached hydrogens (tertiary/aromatic N) is 4. The predicted octanol–water partition coefficient (Wildman–Crippen LogP) is 15.2. The van der Waals surface area contributed by atoms with Crippen LogP contribution in [0.2, 0.25) is 0 Å². The predicted molar refractivity (Wildman–Crippen MR) is 261 cm³/mol. The van der Waals surface area contributed by atoms with E-state index in [2.05, 4.69) is 197 Å². The molecule has 6 nitrogen and oxygen atoms in total. The minimum Gasteiger partial charge on any atom is -0.437 e. The van der Waals surface area contributed by atoms with Crippen molar-refractivity contribution in [2.45, 2.75) is 6.92 Å². The summed E-state index contributed by atoms with van der Waals surface area (Å²) in [6, 6.07) is 67.1. The van der Waals surface area contributed by atoms with Gasteiger partial charge in [0.25, 0.3) is 0 Å². The largest absolute Gasteiger partial charge is 0.437 e. The number of para-hydroxylation sites is 4. The van der Waals surface area contributed by atoms with Crippen LogP contribution in [-0.4, -0.2) is 18.9 Å². The molecule has 0 radical (unpaired) electrons. The number of fused-ring (bicyclic) bond motifs is 14. The maximum atomic E-state index is 6.62.